The minimum absolute atomic E-state index is 0.0821. The highest BCUT2D eigenvalue weighted by molar-refractivity contribution is 6.06. The first-order valence-electron chi connectivity index (χ1n) is 9.01. The van der Waals surface area contributed by atoms with Crippen molar-refractivity contribution in [3.63, 3.8) is 0 Å². The monoisotopic (exact) mass is 372 g/mol. The van der Waals surface area contributed by atoms with Crippen molar-refractivity contribution < 1.29 is 14.7 Å². The molecule has 9 nitrogen and oxygen atoms in total. The van der Waals surface area contributed by atoms with Gasteiger partial charge in [0.25, 0.3) is 5.91 Å². The molecule has 1 spiro atoms. The van der Waals surface area contributed by atoms with Crippen molar-refractivity contribution in [3.8, 4) is 0 Å². The molecule has 0 saturated heterocycles. The Kier molecular flexibility index (Phi) is 5.29. The topological polar surface area (TPSA) is 146 Å². The van der Waals surface area contributed by atoms with Crippen molar-refractivity contribution >= 4 is 29.5 Å². The Hall–Kier alpha value is -3.10. The maximum Gasteiger partial charge on any atom is 0.305 e. The van der Waals surface area contributed by atoms with Crippen LogP contribution in [0.3, 0.4) is 0 Å². The van der Waals surface area contributed by atoms with E-state index in [2.05, 4.69) is 15.3 Å². The fraction of sp³-hybridized carbons (Fsp3) is 0.444. The van der Waals surface area contributed by atoms with E-state index in [1.54, 1.807) is 24.3 Å². The zero-order chi connectivity index (χ0) is 19.4. The molecule has 1 aromatic carbocycles. The summed E-state index contributed by atoms with van der Waals surface area (Å²) in [5.41, 5.74) is 12.7. The second-order valence-electron chi connectivity index (χ2n) is 6.77. The SMILES string of the molecule is NC1=NC2(CCCCC2)N(c2ccc(C(=O)NCCC(=O)O)cc2)C(N)=N1. The number of carboxylic acid groups (broad SMARTS) is 1. The van der Waals surface area contributed by atoms with E-state index >= 15 is 0 Å². The number of carboxylic acids is 1. The molecule has 2 aliphatic rings. The van der Waals surface area contributed by atoms with Gasteiger partial charge in [-0.1, -0.05) is 6.42 Å². The van der Waals surface area contributed by atoms with E-state index in [4.69, 9.17) is 16.6 Å². The number of anilines is 1. The summed E-state index contributed by atoms with van der Waals surface area (Å²) in [6.45, 7) is 0.0821. The zero-order valence-corrected chi connectivity index (χ0v) is 15.0. The van der Waals surface area contributed by atoms with E-state index in [1.165, 1.54) is 0 Å². The Labute approximate surface area is 157 Å². The van der Waals surface area contributed by atoms with Crippen LogP contribution >= 0.6 is 0 Å². The average Bonchev–Trinajstić information content (AvgIpc) is 2.61. The van der Waals surface area contributed by atoms with Crippen LogP contribution in [-0.4, -0.2) is 41.1 Å². The van der Waals surface area contributed by atoms with Gasteiger partial charge in [-0.2, -0.15) is 4.99 Å². The molecule has 144 valence electrons. The van der Waals surface area contributed by atoms with Crippen LogP contribution in [0.4, 0.5) is 5.69 Å². The number of guanidine groups is 2. The van der Waals surface area contributed by atoms with Gasteiger partial charge in [-0.25, -0.2) is 4.99 Å². The van der Waals surface area contributed by atoms with E-state index in [0.29, 0.717) is 11.5 Å². The summed E-state index contributed by atoms with van der Waals surface area (Å²) in [5, 5.41) is 11.2. The average molecular weight is 372 g/mol. The number of benzene rings is 1. The number of amides is 1. The van der Waals surface area contributed by atoms with Gasteiger partial charge in [0.1, 0.15) is 5.66 Å². The number of carbonyl (C=O) groups is 2. The molecule has 1 fully saturated rings. The molecule has 1 aliphatic heterocycles. The Morgan fingerprint density at radius 1 is 1.15 bits per heavy atom. The second-order valence-corrected chi connectivity index (χ2v) is 6.77. The van der Waals surface area contributed by atoms with Crippen molar-refractivity contribution in [2.24, 2.45) is 21.5 Å². The lowest BCUT2D eigenvalue weighted by atomic mass is 9.87. The molecular formula is C18H24N6O3. The molecule has 1 aromatic rings. The standard InChI is InChI=1S/C18H24N6O3/c19-16-22-17(20)24(18(23-16)9-2-1-3-10-18)13-6-4-12(5-7-13)15(27)21-11-8-14(25)26/h4-7H,1-3,8-11H2,(H,21,27)(H,25,26)(H4,19,20,22,23). The predicted molar refractivity (Wildman–Crippen MR) is 103 cm³/mol. The normalized spacial score (nSPS) is 18.6. The van der Waals surface area contributed by atoms with Gasteiger partial charge in [-0.3, -0.25) is 14.5 Å². The largest absolute Gasteiger partial charge is 0.481 e. The van der Waals surface area contributed by atoms with Gasteiger partial charge in [-0.05, 0) is 49.9 Å². The van der Waals surface area contributed by atoms with E-state index < -0.39 is 11.6 Å². The smallest absolute Gasteiger partial charge is 0.305 e. The summed E-state index contributed by atoms with van der Waals surface area (Å²) in [4.78, 5) is 33.3. The maximum atomic E-state index is 12.1. The molecule has 0 radical (unpaired) electrons. The van der Waals surface area contributed by atoms with E-state index in [1.807, 2.05) is 4.90 Å². The molecule has 9 heteroatoms. The van der Waals surface area contributed by atoms with Crippen molar-refractivity contribution in [1.29, 1.82) is 0 Å². The van der Waals surface area contributed by atoms with Gasteiger partial charge in [0, 0.05) is 17.8 Å². The molecule has 27 heavy (non-hydrogen) atoms. The number of carbonyl (C=O) groups excluding carboxylic acids is 1. The molecular weight excluding hydrogens is 348 g/mol. The van der Waals surface area contributed by atoms with Crippen LogP contribution < -0.4 is 21.7 Å². The fourth-order valence-corrected chi connectivity index (χ4v) is 3.64. The highest BCUT2D eigenvalue weighted by Gasteiger charge is 2.42. The summed E-state index contributed by atoms with van der Waals surface area (Å²) < 4.78 is 0. The van der Waals surface area contributed by atoms with Gasteiger partial charge in [0.2, 0.25) is 11.9 Å². The summed E-state index contributed by atoms with van der Waals surface area (Å²) >= 11 is 0. The van der Waals surface area contributed by atoms with Gasteiger partial charge >= 0.3 is 5.97 Å². The van der Waals surface area contributed by atoms with E-state index in [9.17, 15) is 9.59 Å². The molecule has 0 aromatic heterocycles. The Morgan fingerprint density at radius 2 is 1.81 bits per heavy atom. The van der Waals surface area contributed by atoms with Crippen LogP contribution in [0.2, 0.25) is 0 Å². The fourth-order valence-electron chi connectivity index (χ4n) is 3.64. The number of nitrogens with one attached hydrogen (secondary N) is 1. The highest BCUT2D eigenvalue weighted by Crippen LogP contribution is 2.39. The molecule has 1 amide bonds. The first-order valence-corrected chi connectivity index (χ1v) is 9.01. The molecule has 3 rings (SSSR count). The summed E-state index contributed by atoms with van der Waals surface area (Å²) in [6.07, 6.45) is 4.77. The first kappa shape index (κ1) is 18.7. The predicted octanol–water partition coefficient (Wildman–Crippen LogP) is 1.00. The third kappa shape index (κ3) is 4.02. The summed E-state index contributed by atoms with van der Waals surface area (Å²) in [7, 11) is 0. The van der Waals surface area contributed by atoms with Crippen LogP contribution in [0, 0.1) is 0 Å². The van der Waals surface area contributed by atoms with Gasteiger partial charge in [-0.15, -0.1) is 0 Å². The van der Waals surface area contributed by atoms with Crippen molar-refractivity contribution in [3.05, 3.63) is 29.8 Å². The van der Waals surface area contributed by atoms with Crippen molar-refractivity contribution in [2.45, 2.75) is 44.2 Å². The lowest BCUT2D eigenvalue weighted by molar-refractivity contribution is -0.136. The number of hydrogen-bond acceptors (Lipinski definition) is 7. The molecule has 0 unspecified atom stereocenters. The highest BCUT2D eigenvalue weighted by atomic mass is 16.4. The first-order chi connectivity index (χ1) is 12.9. The van der Waals surface area contributed by atoms with Crippen LogP contribution in [-0.2, 0) is 4.79 Å². The van der Waals surface area contributed by atoms with Crippen LogP contribution in [0.1, 0.15) is 48.9 Å². The molecule has 1 saturated carbocycles. The maximum absolute atomic E-state index is 12.1. The number of aliphatic carboxylic acids is 1. The number of hydrogen-bond donors (Lipinski definition) is 4. The molecule has 0 atom stereocenters. The molecule has 1 aliphatic carbocycles. The lowest BCUT2D eigenvalue weighted by Gasteiger charge is -2.45. The Balaban J connectivity index is 1.79. The minimum atomic E-state index is -0.955. The molecule has 0 bridgehead atoms. The third-order valence-corrected chi connectivity index (χ3v) is 4.86. The minimum Gasteiger partial charge on any atom is -0.481 e. The Bertz CT molecular complexity index is 781. The van der Waals surface area contributed by atoms with Gasteiger partial charge < -0.3 is 21.9 Å². The van der Waals surface area contributed by atoms with Crippen molar-refractivity contribution in [2.75, 3.05) is 11.4 Å². The van der Waals surface area contributed by atoms with Crippen LogP contribution in [0.5, 0.6) is 0 Å². The molecule has 6 N–H and O–H groups in total. The molecule has 1 heterocycles. The van der Waals surface area contributed by atoms with Gasteiger partial charge in [0.05, 0.1) is 6.42 Å². The van der Waals surface area contributed by atoms with Crippen LogP contribution in [0.15, 0.2) is 34.3 Å². The number of rotatable bonds is 5. The zero-order valence-electron chi connectivity index (χ0n) is 15.0. The number of nitrogens with zero attached hydrogens (tertiary/aromatic N) is 3. The number of nitrogens with two attached hydrogens (primary N) is 2. The quantitative estimate of drug-likeness (QED) is 0.606. The van der Waals surface area contributed by atoms with Gasteiger partial charge in [0.15, 0.2) is 0 Å². The van der Waals surface area contributed by atoms with Crippen LogP contribution in [0.25, 0.3) is 0 Å². The lowest BCUT2D eigenvalue weighted by Crippen LogP contribution is -2.58. The van der Waals surface area contributed by atoms with E-state index in [0.717, 1.165) is 37.8 Å². The third-order valence-electron chi connectivity index (χ3n) is 4.86. The number of aliphatic imine (C=N–C) groups is 2. The van der Waals surface area contributed by atoms with Crippen molar-refractivity contribution in [1.82, 2.24) is 5.32 Å². The Morgan fingerprint density at radius 3 is 2.44 bits per heavy atom. The summed E-state index contributed by atoms with van der Waals surface area (Å²) in [5.74, 6) is -0.788. The second kappa shape index (κ2) is 7.65. The summed E-state index contributed by atoms with van der Waals surface area (Å²) in [6, 6.07) is 6.94. The van der Waals surface area contributed by atoms with E-state index in [-0.39, 0.29) is 24.8 Å².